The minimum absolute atomic E-state index is 0.00106. The molecule has 2 N–H and O–H groups in total. The monoisotopic (exact) mass is 219 g/mol. The van der Waals surface area contributed by atoms with Crippen molar-refractivity contribution in [2.24, 2.45) is 5.73 Å². The third-order valence-corrected chi connectivity index (χ3v) is 2.85. The van der Waals surface area contributed by atoms with Gasteiger partial charge in [0, 0.05) is 24.8 Å². The molecule has 0 aliphatic carbocycles. The van der Waals surface area contributed by atoms with Gasteiger partial charge in [0.2, 0.25) is 0 Å². The number of carbonyl (C=O) groups is 1. The number of hydrogen-bond donors (Lipinski definition) is 1. The van der Waals surface area contributed by atoms with Gasteiger partial charge in [-0.2, -0.15) is 0 Å². The first-order chi connectivity index (χ1) is 7.66. The van der Waals surface area contributed by atoms with E-state index in [0.29, 0.717) is 12.2 Å². The van der Waals surface area contributed by atoms with Gasteiger partial charge in [-0.15, -0.1) is 0 Å². The highest BCUT2D eigenvalue weighted by Crippen LogP contribution is 2.11. The molecule has 2 rings (SSSR count). The van der Waals surface area contributed by atoms with Crippen LogP contribution >= 0.6 is 0 Å². The molecule has 4 heteroatoms. The van der Waals surface area contributed by atoms with E-state index in [0.717, 1.165) is 25.1 Å². The summed E-state index contributed by atoms with van der Waals surface area (Å²) in [7, 11) is 0. The Kier molecular flexibility index (Phi) is 3.19. The predicted octanol–water partition coefficient (Wildman–Crippen LogP) is 0.953. The molecular formula is C12H17N3O. The van der Waals surface area contributed by atoms with E-state index >= 15 is 0 Å². The van der Waals surface area contributed by atoms with Gasteiger partial charge in [-0.05, 0) is 31.9 Å². The van der Waals surface area contributed by atoms with Crippen LogP contribution in [-0.2, 0) is 0 Å². The van der Waals surface area contributed by atoms with Crippen LogP contribution in [-0.4, -0.2) is 34.9 Å². The van der Waals surface area contributed by atoms with Crippen LogP contribution in [0.25, 0.3) is 0 Å². The Morgan fingerprint density at radius 3 is 3.06 bits per heavy atom. The summed E-state index contributed by atoms with van der Waals surface area (Å²) in [6.45, 7) is 3.33. The molecule has 4 nitrogen and oxygen atoms in total. The van der Waals surface area contributed by atoms with Crippen molar-refractivity contribution in [2.75, 3.05) is 13.1 Å². The quantitative estimate of drug-likeness (QED) is 0.765. The van der Waals surface area contributed by atoms with Gasteiger partial charge in [-0.3, -0.25) is 4.79 Å². The molecule has 86 valence electrons. The average molecular weight is 219 g/mol. The summed E-state index contributed by atoms with van der Waals surface area (Å²) >= 11 is 0. The lowest BCUT2D eigenvalue weighted by Gasteiger charge is -2.30. The number of hydrogen-bond acceptors (Lipinski definition) is 3. The highest BCUT2D eigenvalue weighted by atomic mass is 16.2. The molecule has 1 amide bonds. The number of likely N-dealkylation sites (tertiary alicyclic amines) is 1. The fourth-order valence-electron chi connectivity index (χ4n) is 2.02. The van der Waals surface area contributed by atoms with Crippen molar-refractivity contribution in [3.63, 3.8) is 0 Å². The molecule has 1 saturated heterocycles. The molecular weight excluding hydrogens is 202 g/mol. The van der Waals surface area contributed by atoms with Gasteiger partial charge in [0.1, 0.15) is 5.69 Å². The van der Waals surface area contributed by atoms with Crippen molar-refractivity contribution in [3.8, 4) is 0 Å². The topological polar surface area (TPSA) is 59.2 Å². The maximum atomic E-state index is 12.1. The number of aromatic nitrogens is 1. The fraction of sp³-hybridized carbons (Fsp3) is 0.500. The van der Waals surface area contributed by atoms with Gasteiger partial charge in [0.25, 0.3) is 5.91 Å². The molecule has 16 heavy (non-hydrogen) atoms. The number of carbonyl (C=O) groups excluding carboxylic acids is 1. The third-order valence-electron chi connectivity index (χ3n) is 2.85. The summed E-state index contributed by atoms with van der Waals surface area (Å²) in [5.74, 6) is -0.00106. The van der Waals surface area contributed by atoms with Crippen LogP contribution in [0.4, 0.5) is 0 Å². The summed E-state index contributed by atoms with van der Waals surface area (Å²) in [5.41, 5.74) is 7.25. The molecule has 0 saturated carbocycles. The first-order valence-corrected chi connectivity index (χ1v) is 5.65. The second kappa shape index (κ2) is 4.61. The molecule has 1 atom stereocenters. The molecule has 2 heterocycles. The lowest BCUT2D eigenvalue weighted by molar-refractivity contribution is 0.0702. The minimum atomic E-state index is -0.00106. The molecule has 0 aromatic carbocycles. The lowest BCUT2D eigenvalue weighted by atomic mass is 10.1. The van der Waals surface area contributed by atoms with Gasteiger partial charge in [0.15, 0.2) is 0 Å². The van der Waals surface area contributed by atoms with Crippen LogP contribution in [0.5, 0.6) is 0 Å². The van der Waals surface area contributed by atoms with Gasteiger partial charge in [-0.1, -0.05) is 6.07 Å². The van der Waals surface area contributed by atoms with E-state index in [-0.39, 0.29) is 11.9 Å². The van der Waals surface area contributed by atoms with E-state index in [9.17, 15) is 4.79 Å². The van der Waals surface area contributed by atoms with Crippen LogP contribution < -0.4 is 5.73 Å². The highest BCUT2D eigenvalue weighted by molar-refractivity contribution is 5.92. The van der Waals surface area contributed by atoms with Gasteiger partial charge in [0.05, 0.1) is 0 Å². The second-order valence-electron chi connectivity index (χ2n) is 4.32. The van der Waals surface area contributed by atoms with Crippen LogP contribution in [0.15, 0.2) is 18.2 Å². The number of rotatable bonds is 1. The highest BCUT2D eigenvalue weighted by Gasteiger charge is 2.22. The van der Waals surface area contributed by atoms with Crippen molar-refractivity contribution >= 4 is 5.91 Å². The number of aryl methyl sites for hydroxylation is 1. The molecule has 1 aromatic heterocycles. The zero-order valence-electron chi connectivity index (χ0n) is 9.52. The standard InChI is InChI=1S/C12H17N3O/c1-9-4-2-6-11(14-9)12(16)15-7-3-5-10(13)8-15/h2,4,6,10H,3,5,7-8,13H2,1H3/t10-/m1/s1. The first kappa shape index (κ1) is 11.1. The Hall–Kier alpha value is -1.42. The zero-order chi connectivity index (χ0) is 11.5. The van der Waals surface area contributed by atoms with E-state index in [2.05, 4.69) is 4.98 Å². The molecule has 1 aliphatic heterocycles. The van der Waals surface area contributed by atoms with Crippen molar-refractivity contribution in [2.45, 2.75) is 25.8 Å². The normalized spacial score (nSPS) is 20.9. The average Bonchev–Trinajstić information content (AvgIpc) is 2.28. The van der Waals surface area contributed by atoms with Crippen LogP contribution in [0, 0.1) is 6.92 Å². The number of amides is 1. The predicted molar refractivity (Wildman–Crippen MR) is 62.1 cm³/mol. The maximum Gasteiger partial charge on any atom is 0.272 e. The number of pyridine rings is 1. The van der Waals surface area contributed by atoms with Gasteiger partial charge in [-0.25, -0.2) is 4.98 Å². The summed E-state index contributed by atoms with van der Waals surface area (Å²) in [6, 6.07) is 5.62. The molecule has 1 aliphatic rings. The van der Waals surface area contributed by atoms with E-state index in [1.54, 1.807) is 11.0 Å². The van der Waals surface area contributed by atoms with Crippen molar-refractivity contribution in [1.82, 2.24) is 9.88 Å². The Balaban J connectivity index is 2.12. The number of nitrogens with zero attached hydrogens (tertiary/aromatic N) is 2. The summed E-state index contributed by atoms with van der Waals surface area (Å²) in [5, 5.41) is 0. The largest absolute Gasteiger partial charge is 0.336 e. The molecule has 0 bridgehead atoms. The molecule has 1 fully saturated rings. The molecule has 1 aromatic rings. The van der Waals surface area contributed by atoms with E-state index < -0.39 is 0 Å². The van der Waals surface area contributed by atoms with E-state index in [4.69, 9.17) is 5.73 Å². The van der Waals surface area contributed by atoms with Gasteiger partial charge >= 0.3 is 0 Å². The van der Waals surface area contributed by atoms with Crippen molar-refractivity contribution in [1.29, 1.82) is 0 Å². The minimum Gasteiger partial charge on any atom is -0.336 e. The maximum absolute atomic E-state index is 12.1. The van der Waals surface area contributed by atoms with Gasteiger partial charge < -0.3 is 10.6 Å². The van der Waals surface area contributed by atoms with Crippen LogP contribution in [0.3, 0.4) is 0 Å². The van der Waals surface area contributed by atoms with E-state index in [1.165, 1.54) is 0 Å². The number of piperidine rings is 1. The second-order valence-corrected chi connectivity index (χ2v) is 4.32. The Morgan fingerprint density at radius 1 is 1.56 bits per heavy atom. The Labute approximate surface area is 95.5 Å². The Morgan fingerprint density at radius 2 is 2.38 bits per heavy atom. The van der Waals surface area contributed by atoms with Crippen LogP contribution in [0.1, 0.15) is 29.0 Å². The summed E-state index contributed by atoms with van der Waals surface area (Å²) < 4.78 is 0. The first-order valence-electron chi connectivity index (χ1n) is 5.65. The third kappa shape index (κ3) is 2.39. The fourth-order valence-corrected chi connectivity index (χ4v) is 2.02. The lowest BCUT2D eigenvalue weighted by Crippen LogP contribution is -2.45. The summed E-state index contributed by atoms with van der Waals surface area (Å²) in [4.78, 5) is 18.1. The molecule has 0 radical (unpaired) electrons. The molecule has 0 spiro atoms. The SMILES string of the molecule is Cc1cccc(C(=O)N2CCC[C@@H](N)C2)n1. The number of nitrogens with two attached hydrogens (primary N) is 1. The van der Waals surface area contributed by atoms with Crippen LogP contribution in [0.2, 0.25) is 0 Å². The Bertz CT molecular complexity index is 392. The summed E-state index contributed by atoms with van der Waals surface area (Å²) in [6.07, 6.45) is 1.99. The smallest absolute Gasteiger partial charge is 0.272 e. The zero-order valence-corrected chi connectivity index (χ0v) is 9.52. The molecule has 0 unspecified atom stereocenters. The van der Waals surface area contributed by atoms with E-state index in [1.807, 2.05) is 19.1 Å². The van der Waals surface area contributed by atoms with Crippen molar-refractivity contribution in [3.05, 3.63) is 29.6 Å². The van der Waals surface area contributed by atoms with Crippen molar-refractivity contribution < 1.29 is 4.79 Å².